The summed E-state index contributed by atoms with van der Waals surface area (Å²) < 4.78 is 0. The third-order valence-electron chi connectivity index (χ3n) is 6.43. The van der Waals surface area contributed by atoms with Crippen LogP contribution < -0.4 is 5.73 Å². The fourth-order valence-corrected chi connectivity index (χ4v) is 4.97. The van der Waals surface area contributed by atoms with Crippen molar-refractivity contribution in [1.82, 2.24) is 0 Å². The van der Waals surface area contributed by atoms with Crippen molar-refractivity contribution in [3.05, 3.63) is 46.2 Å². The molecule has 0 unspecified atom stereocenters. The van der Waals surface area contributed by atoms with Gasteiger partial charge < -0.3 is 31.3 Å². The van der Waals surface area contributed by atoms with Gasteiger partial charge in [0.1, 0.15) is 17.3 Å². The standard InChI is InChI=1S/C20H21NO7/c1-7-8-3-2-4-11(22)14(8)17(25)15-13(7)16(24)10-5-12(23)9(6-21)18(26)20(10,28)19(15)27/h2-4,7,10,13,16,22,24-26,28H,5-6,21H2,1H3/t7-,10+,13+,16+,20+/m0/s1. The molecule has 0 aromatic heterocycles. The SMILES string of the molecule is C[C@H]1c2cccc(O)c2C(O)=C2C(=O)[C@]3(O)C(O)=C(CN)C(=O)C[C@@H]3[C@@H](O)[C@@H]21. The Hall–Kier alpha value is -2.68. The highest BCUT2D eigenvalue weighted by atomic mass is 16.4. The highest BCUT2D eigenvalue weighted by Crippen LogP contribution is 2.55. The van der Waals surface area contributed by atoms with Crippen molar-refractivity contribution in [3.63, 3.8) is 0 Å². The van der Waals surface area contributed by atoms with E-state index in [4.69, 9.17) is 5.73 Å². The molecule has 3 aliphatic rings. The van der Waals surface area contributed by atoms with E-state index < -0.39 is 52.5 Å². The number of benzene rings is 1. The first-order valence-corrected chi connectivity index (χ1v) is 9.02. The van der Waals surface area contributed by atoms with Crippen LogP contribution in [0.15, 0.2) is 35.1 Å². The Bertz CT molecular complexity index is 979. The number of hydrogen-bond acceptors (Lipinski definition) is 8. The number of phenolic OH excluding ortho intramolecular Hbond substituents is 1. The van der Waals surface area contributed by atoms with E-state index in [1.807, 2.05) is 0 Å². The van der Waals surface area contributed by atoms with Crippen LogP contribution in [0, 0.1) is 11.8 Å². The molecule has 0 bridgehead atoms. The Morgan fingerprint density at radius 1 is 1.21 bits per heavy atom. The topological polar surface area (TPSA) is 161 Å². The maximum atomic E-state index is 13.3. The van der Waals surface area contributed by atoms with Crippen molar-refractivity contribution in [3.8, 4) is 5.75 Å². The van der Waals surface area contributed by atoms with Crippen molar-refractivity contribution in [2.45, 2.75) is 31.0 Å². The second-order valence-corrected chi connectivity index (χ2v) is 7.67. The van der Waals surface area contributed by atoms with Crippen LogP contribution in [-0.4, -0.2) is 55.3 Å². The van der Waals surface area contributed by atoms with Gasteiger partial charge in [-0.05, 0) is 17.5 Å². The van der Waals surface area contributed by atoms with Crippen molar-refractivity contribution >= 4 is 17.3 Å². The first-order chi connectivity index (χ1) is 13.2. The predicted octanol–water partition coefficient (Wildman–Crippen LogP) is 0.429. The number of aliphatic hydroxyl groups excluding tert-OH is 3. The molecule has 1 aromatic carbocycles. The lowest BCUT2D eigenvalue weighted by molar-refractivity contribution is -0.160. The van der Waals surface area contributed by atoms with Crippen LogP contribution in [0.5, 0.6) is 5.75 Å². The predicted molar refractivity (Wildman–Crippen MR) is 97.3 cm³/mol. The average Bonchev–Trinajstić information content (AvgIpc) is 2.65. The fraction of sp³-hybridized carbons (Fsp3) is 0.400. The Labute approximate surface area is 160 Å². The summed E-state index contributed by atoms with van der Waals surface area (Å²) >= 11 is 0. The van der Waals surface area contributed by atoms with Crippen LogP contribution in [-0.2, 0) is 9.59 Å². The summed E-state index contributed by atoms with van der Waals surface area (Å²) in [6.07, 6.45) is -1.75. The summed E-state index contributed by atoms with van der Waals surface area (Å²) in [7, 11) is 0. The molecule has 7 N–H and O–H groups in total. The summed E-state index contributed by atoms with van der Waals surface area (Å²) in [4.78, 5) is 25.6. The first-order valence-electron chi connectivity index (χ1n) is 9.02. The monoisotopic (exact) mass is 387 g/mol. The molecule has 5 atom stereocenters. The fourth-order valence-electron chi connectivity index (χ4n) is 4.97. The van der Waals surface area contributed by atoms with Gasteiger partial charge in [-0.1, -0.05) is 19.1 Å². The van der Waals surface area contributed by atoms with Crippen LogP contribution in [0.1, 0.15) is 30.4 Å². The minimum Gasteiger partial charge on any atom is -0.508 e. The first kappa shape index (κ1) is 18.7. The van der Waals surface area contributed by atoms with E-state index in [9.17, 15) is 35.1 Å². The third kappa shape index (κ3) is 2.05. The number of hydrogen-bond donors (Lipinski definition) is 6. The number of aromatic hydroxyl groups is 1. The molecule has 0 saturated heterocycles. The molecule has 0 radical (unpaired) electrons. The summed E-state index contributed by atoms with van der Waals surface area (Å²) in [5, 5.41) is 53.7. The molecule has 0 heterocycles. The molecule has 1 saturated carbocycles. The Morgan fingerprint density at radius 3 is 2.54 bits per heavy atom. The van der Waals surface area contributed by atoms with Crippen LogP contribution in [0.25, 0.3) is 5.76 Å². The van der Waals surface area contributed by atoms with Gasteiger partial charge in [0.25, 0.3) is 0 Å². The zero-order valence-corrected chi connectivity index (χ0v) is 15.1. The number of nitrogens with two attached hydrogens (primary N) is 1. The van der Waals surface area contributed by atoms with E-state index in [1.54, 1.807) is 19.1 Å². The number of carbonyl (C=O) groups is 2. The minimum atomic E-state index is -2.57. The average molecular weight is 387 g/mol. The second-order valence-electron chi connectivity index (χ2n) is 7.67. The summed E-state index contributed by atoms with van der Waals surface area (Å²) in [5.41, 5.74) is 2.97. The van der Waals surface area contributed by atoms with Gasteiger partial charge in [-0.25, -0.2) is 0 Å². The normalized spacial score (nSPS) is 34.9. The van der Waals surface area contributed by atoms with E-state index in [0.29, 0.717) is 5.56 Å². The molecule has 1 fully saturated rings. The molecule has 0 spiro atoms. The van der Waals surface area contributed by atoms with Crippen LogP contribution in [0.3, 0.4) is 0 Å². The molecule has 28 heavy (non-hydrogen) atoms. The molecule has 148 valence electrons. The lowest BCUT2D eigenvalue weighted by atomic mass is 9.55. The van der Waals surface area contributed by atoms with Gasteiger partial charge >= 0.3 is 0 Å². The number of rotatable bonds is 1. The number of fused-ring (bicyclic) bond motifs is 3. The maximum Gasteiger partial charge on any atom is 0.202 e. The van der Waals surface area contributed by atoms with Gasteiger partial charge in [-0.3, -0.25) is 9.59 Å². The number of carbonyl (C=O) groups excluding carboxylic acids is 2. The Balaban J connectivity index is 2.01. The van der Waals surface area contributed by atoms with E-state index in [-0.39, 0.29) is 35.4 Å². The van der Waals surface area contributed by atoms with Gasteiger partial charge in [0.05, 0.1) is 11.7 Å². The zero-order chi connectivity index (χ0) is 20.5. The van der Waals surface area contributed by atoms with Crippen LogP contribution in [0.2, 0.25) is 0 Å². The van der Waals surface area contributed by atoms with E-state index in [1.165, 1.54) is 6.07 Å². The number of aliphatic hydroxyl groups is 4. The van der Waals surface area contributed by atoms with E-state index in [2.05, 4.69) is 0 Å². The molecular weight excluding hydrogens is 366 g/mol. The molecular formula is C20H21NO7. The Morgan fingerprint density at radius 2 is 1.89 bits per heavy atom. The lowest BCUT2D eigenvalue weighted by Gasteiger charge is -2.50. The van der Waals surface area contributed by atoms with Crippen molar-refractivity contribution in [2.24, 2.45) is 17.6 Å². The minimum absolute atomic E-state index is 0.0539. The van der Waals surface area contributed by atoms with Gasteiger partial charge in [0.2, 0.25) is 5.78 Å². The van der Waals surface area contributed by atoms with Gasteiger partial charge in [-0.15, -0.1) is 0 Å². The van der Waals surface area contributed by atoms with Crippen LogP contribution >= 0.6 is 0 Å². The highest BCUT2D eigenvalue weighted by molar-refractivity contribution is 6.13. The second kappa shape index (κ2) is 5.91. The molecule has 0 amide bonds. The lowest BCUT2D eigenvalue weighted by Crippen LogP contribution is -2.63. The van der Waals surface area contributed by atoms with Gasteiger partial charge in [0, 0.05) is 35.9 Å². The molecule has 3 aliphatic carbocycles. The quantitative estimate of drug-likeness (QED) is 0.404. The summed E-state index contributed by atoms with van der Waals surface area (Å²) in [6, 6.07) is 4.61. The third-order valence-corrected chi connectivity index (χ3v) is 6.43. The number of Topliss-reactive ketones (excluding diaryl/α,β-unsaturated/α-hetero) is 2. The zero-order valence-electron chi connectivity index (χ0n) is 15.1. The maximum absolute atomic E-state index is 13.3. The molecule has 8 nitrogen and oxygen atoms in total. The van der Waals surface area contributed by atoms with E-state index >= 15 is 0 Å². The highest BCUT2D eigenvalue weighted by Gasteiger charge is 2.64. The summed E-state index contributed by atoms with van der Waals surface area (Å²) in [5.74, 6) is -5.89. The Kier molecular flexibility index (Phi) is 3.94. The van der Waals surface area contributed by atoms with Crippen molar-refractivity contribution < 1.29 is 35.1 Å². The molecule has 4 rings (SSSR count). The smallest absolute Gasteiger partial charge is 0.202 e. The van der Waals surface area contributed by atoms with Crippen molar-refractivity contribution in [2.75, 3.05) is 6.54 Å². The van der Waals surface area contributed by atoms with Crippen molar-refractivity contribution in [1.29, 1.82) is 0 Å². The van der Waals surface area contributed by atoms with E-state index in [0.717, 1.165) is 0 Å². The molecule has 1 aromatic rings. The van der Waals surface area contributed by atoms with Crippen LogP contribution in [0.4, 0.5) is 0 Å². The van der Waals surface area contributed by atoms with Gasteiger partial charge in [0.15, 0.2) is 11.4 Å². The number of phenols is 1. The molecule has 0 aliphatic heterocycles. The summed E-state index contributed by atoms with van der Waals surface area (Å²) in [6.45, 7) is 1.35. The largest absolute Gasteiger partial charge is 0.508 e. The number of ketones is 2. The van der Waals surface area contributed by atoms with Gasteiger partial charge in [-0.2, -0.15) is 0 Å². The molecule has 8 heteroatoms.